The molecule has 0 atom stereocenters. The van der Waals surface area contributed by atoms with Crippen molar-refractivity contribution >= 4 is 28.6 Å². The zero-order valence-electron chi connectivity index (χ0n) is 12.6. The largest absolute Gasteiger partial charge is 0.477 e. The van der Waals surface area contributed by atoms with Gasteiger partial charge in [-0.25, -0.2) is 14.2 Å². The van der Waals surface area contributed by atoms with Gasteiger partial charge in [0.05, 0.1) is 12.2 Å². The normalized spacial score (nSPS) is 10.9. The molecule has 0 bridgehead atoms. The molecule has 0 radical (unpaired) electrons. The summed E-state index contributed by atoms with van der Waals surface area (Å²) in [6.45, 7) is 4.07. The van der Waals surface area contributed by atoms with E-state index in [1.54, 1.807) is 10.6 Å². The summed E-state index contributed by atoms with van der Waals surface area (Å²) >= 11 is 2.05. The van der Waals surface area contributed by atoms with Crippen LogP contribution in [0.15, 0.2) is 18.2 Å². The van der Waals surface area contributed by atoms with E-state index in [4.69, 9.17) is 0 Å². The number of hydrogen-bond donors (Lipinski definition) is 1. The molecule has 0 aliphatic rings. The third-order valence-electron chi connectivity index (χ3n) is 3.47. The predicted octanol–water partition coefficient (Wildman–Crippen LogP) is 3.89. The van der Waals surface area contributed by atoms with Gasteiger partial charge in [0.25, 0.3) is 0 Å². The van der Waals surface area contributed by atoms with E-state index < -0.39 is 5.97 Å². The fourth-order valence-corrected chi connectivity index (χ4v) is 2.90. The molecule has 0 amide bonds. The SMILES string of the molecule is CCCc1nc(CC)c(C(=O)O)n1Cc1ccc(I)cc1F. The Morgan fingerprint density at radius 1 is 1.41 bits per heavy atom. The first-order valence-corrected chi connectivity index (χ1v) is 8.31. The molecule has 0 saturated carbocycles. The van der Waals surface area contributed by atoms with Crippen LogP contribution in [0.25, 0.3) is 0 Å². The Hall–Kier alpha value is -1.44. The van der Waals surface area contributed by atoms with Crippen LogP contribution in [0.2, 0.25) is 0 Å². The van der Waals surface area contributed by atoms with Crippen molar-refractivity contribution in [3.8, 4) is 0 Å². The lowest BCUT2D eigenvalue weighted by atomic mass is 10.2. The Bertz CT molecular complexity index is 698. The van der Waals surface area contributed by atoms with Crippen molar-refractivity contribution in [1.82, 2.24) is 9.55 Å². The number of hydrogen-bond acceptors (Lipinski definition) is 2. The smallest absolute Gasteiger partial charge is 0.354 e. The summed E-state index contributed by atoms with van der Waals surface area (Å²) < 4.78 is 16.5. The number of rotatable bonds is 6. The van der Waals surface area contributed by atoms with Crippen molar-refractivity contribution < 1.29 is 14.3 Å². The Balaban J connectivity index is 2.51. The van der Waals surface area contributed by atoms with Crippen LogP contribution in [0, 0.1) is 9.39 Å². The molecule has 118 valence electrons. The molecular formula is C16H18FIN2O2. The molecule has 0 fully saturated rings. The van der Waals surface area contributed by atoms with E-state index in [0.29, 0.717) is 29.9 Å². The van der Waals surface area contributed by atoms with E-state index >= 15 is 0 Å². The van der Waals surface area contributed by atoms with Crippen LogP contribution in [0.4, 0.5) is 4.39 Å². The molecule has 1 N–H and O–H groups in total. The molecule has 4 nitrogen and oxygen atoms in total. The number of carbonyl (C=O) groups is 1. The average molecular weight is 416 g/mol. The van der Waals surface area contributed by atoms with Crippen LogP contribution in [0.5, 0.6) is 0 Å². The molecule has 1 aromatic carbocycles. The lowest BCUT2D eigenvalue weighted by molar-refractivity contribution is 0.0684. The van der Waals surface area contributed by atoms with Crippen LogP contribution in [0.3, 0.4) is 0 Å². The number of aromatic carboxylic acids is 1. The predicted molar refractivity (Wildman–Crippen MR) is 90.8 cm³/mol. The van der Waals surface area contributed by atoms with E-state index in [-0.39, 0.29) is 18.1 Å². The number of aromatic nitrogens is 2. The first-order valence-electron chi connectivity index (χ1n) is 7.23. The van der Waals surface area contributed by atoms with Gasteiger partial charge in [-0.1, -0.05) is 19.9 Å². The summed E-state index contributed by atoms with van der Waals surface area (Å²) in [5, 5.41) is 9.49. The molecule has 6 heteroatoms. The highest BCUT2D eigenvalue weighted by atomic mass is 127. The fraction of sp³-hybridized carbons (Fsp3) is 0.375. The second-order valence-corrected chi connectivity index (χ2v) is 6.30. The Morgan fingerprint density at radius 3 is 2.68 bits per heavy atom. The molecule has 2 aromatic rings. The summed E-state index contributed by atoms with van der Waals surface area (Å²) in [6, 6.07) is 4.97. The van der Waals surface area contributed by atoms with E-state index in [0.717, 1.165) is 9.99 Å². The summed E-state index contributed by atoms with van der Waals surface area (Å²) in [5.41, 5.74) is 1.20. The van der Waals surface area contributed by atoms with Crippen molar-refractivity contribution in [3.05, 3.63) is 50.4 Å². The minimum absolute atomic E-state index is 0.170. The van der Waals surface area contributed by atoms with Crippen molar-refractivity contribution in [2.24, 2.45) is 0 Å². The maximum Gasteiger partial charge on any atom is 0.354 e. The Labute approximate surface area is 142 Å². The lowest BCUT2D eigenvalue weighted by Gasteiger charge is -2.11. The monoisotopic (exact) mass is 416 g/mol. The standard InChI is InChI=1S/C16H18FIN2O2/c1-3-5-14-19-13(4-2)15(16(21)22)20(14)9-10-6-7-11(18)8-12(10)17/h6-8H,3-5,9H2,1-2H3,(H,21,22). The molecule has 0 saturated heterocycles. The third kappa shape index (κ3) is 3.48. The van der Waals surface area contributed by atoms with E-state index in [1.807, 2.05) is 42.5 Å². The van der Waals surface area contributed by atoms with Crippen molar-refractivity contribution in [2.45, 2.75) is 39.7 Å². The number of benzene rings is 1. The van der Waals surface area contributed by atoms with Gasteiger partial charge in [0, 0.05) is 15.6 Å². The number of imidazole rings is 1. The average Bonchev–Trinajstić information content (AvgIpc) is 2.80. The minimum atomic E-state index is -1.02. The number of aryl methyl sites for hydroxylation is 2. The maximum atomic E-state index is 14.1. The third-order valence-corrected chi connectivity index (χ3v) is 4.14. The van der Waals surface area contributed by atoms with Gasteiger partial charge in [-0.05, 0) is 47.6 Å². The van der Waals surface area contributed by atoms with Gasteiger partial charge >= 0.3 is 5.97 Å². The summed E-state index contributed by atoms with van der Waals surface area (Å²) in [4.78, 5) is 16.0. The Morgan fingerprint density at radius 2 is 2.14 bits per heavy atom. The second-order valence-electron chi connectivity index (χ2n) is 5.05. The zero-order chi connectivity index (χ0) is 16.3. The van der Waals surface area contributed by atoms with E-state index in [2.05, 4.69) is 4.98 Å². The van der Waals surface area contributed by atoms with E-state index in [1.165, 1.54) is 6.07 Å². The number of carboxylic acids is 1. The molecule has 1 heterocycles. The van der Waals surface area contributed by atoms with Crippen LogP contribution in [-0.2, 0) is 19.4 Å². The maximum absolute atomic E-state index is 14.1. The Kier molecular flexibility index (Phi) is 5.55. The summed E-state index contributed by atoms with van der Waals surface area (Å²) in [5.74, 6) is -0.634. The van der Waals surface area contributed by atoms with E-state index in [9.17, 15) is 14.3 Å². The number of halogens is 2. The molecule has 2 rings (SSSR count). The van der Waals surface area contributed by atoms with Crippen molar-refractivity contribution in [3.63, 3.8) is 0 Å². The van der Waals surface area contributed by atoms with Gasteiger partial charge in [0.2, 0.25) is 0 Å². The first-order chi connectivity index (χ1) is 10.5. The molecule has 1 aromatic heterocycles. The molecular weight excluding hydrogens is 398 g/mol. The van der Waals surface area contributed by atoms with Gasteiger partial charge in [0.15, 0.2) is 5.69 Å². The zero-order valence-corrected chi connectivity index (χ0v) is 14.7. The molecule has 22 heavy (non-hydrogen) atoms. The minimum Gasteiger partial charge on any atom is -0.477 e. The molecule has 0 unspecified atom stereocenters. The molecule has 0 spiro atoms. The van der Waals surface area contributed by atoms with Gasteiger partial charge < -0.3 is 9.67 Å². The number of carboxylic acid groups (broad SMARTS) is 1. The van der Waals surface area contributed by atoms with Crippen LogP contribution in [0.1, 0.15) is 47.8 Å². The van der Waals surface area contributed by atoms with Crippen LogP contribution >= 0.6 is 22.6 Å². The van der Waals surface area contributed by atoms with Crippen molar-refractivity contribution in [1.29, 1.82) is 0 Å². The van der Waals surface area contributed by atoms with Gasteiger partial charge in [0.1, 0.15) is 11.6 Å². The quantitative estimate of drug-likeness (QED) is 0.728. The lowest BCUT2D eigenvalue weighted by Crippen LogP contribution is -2.14. The van der Waals surface area contributed by atoms with Crippen molar-refractivity contribution in [2.75, 3.05) is 0 Å². The van der Waals surface area contributed by atoms with Gasteiger partial charge in [-0.2, -0.15) is 0 Å². The topological polar surface area (TPSA) is 55.1 Å². The molecule has 0 aliphatic heterocycles. The highest BCUT2D eigenvalue weighted by Crippen LogP contribution is 2.19. The summed E-state index contributed by atoms with van der Waals surface area (Å²) in [6.07, 6.45) is 2.07. The molecule has 0 aliphatic carbocycles. The van der Waals surface area contributed by atoms with Crippen LogP contribution in [-0.4, -0.2) is 20.6 Å². The summed E-state index contributed by atoms with van der Waals surface area (Å²) in [7, 11) is 0. The van der Waals surface area contributed by atoms with Crippen LogP contribution < -0.4 is 0 Å². The highest BCUT2D eigenvalue weighted by molar-refractivity contribution is 14.1. The highest BCUT2D eigenvalue weighted by Gasteiger charge is 2.22. The fourth-order valence-electron chi connectivity index (χ4n) is 2.44. The second kappa shape index (κ2) is 7.21. The number of nitrogens with zero attached hydrogens (tertiary/aromatic N) is 2. The first kappa shape index (κ1) is 16.9. The van der Waals surface area contributed by atoms with Gasteiger partial charge in [-0.3, -0.25) is 0 Å². The van der Waals surface area contributed by atoms with Gasteiger partial charge in [-0.15, -0.1) is 0 Å².